The molecule has 21 heteroatoms. The second-order valence-electron chi connectivity index (χ2n) is 13.7. The number of carbonyl (C=O) groups is 5. The van der Waals surface area contributed by atoms with Crippen LogP contribution < -0.4 is 11.1 Å². The highest BCUT2D eigenvalue weighted by Gasteiger charge is 2.52. The van der Waals surface area contributed by atoms with Crippen molar-refractivity contribution in [3.05, 3.63) is 165 Å². The number of aliphatic hydroxyl groups is 3. The lowest BCUT2D eigenvalue weighted by Gasteiger charge is -2.25. The number of nitrogens with zero attached hydrogens (tertiary/aromatic N) is 4. The Morgan fingerprint density at radius 2 is 1.00 bits per heavy atom. The fourth-order valence-corrected chi connectivity index (χ4v) is 6.51. The van der Waals surface area contributed by atoms with Crippen molar-refractivity contribution < 1.29 is 72.5 Å². The molecular formula is C43H40N4O17. The summed E-state index contributed by atoms with van der Waals surface area (Å²) in [5.41, 5.74) is -2.13. The highest BCUT2D eigenvalue weighted by atomic mass is 16.7. The van der Waals surface area contributed by atoms with Gasteiger partial charge in [0, 0.05) is 24.8 Å². The molecule has 2 fully saturated rings. The molecular weight excluding hydrogens is 844 g/mol. The molecule has 4 heterocycles. The SMILES string of the molecule is COC(=O)c1nccn([C@@H]2O[C@H](CO)[C@@H](O)[C@H]2O)c1=O.COC(=O)c1nccn([C@@H]2O[C@H](COC(=O)c3ccccc3)[C@@H](OC(=O)c3ccccc3)[C@H]2OC(=O)c2ccccc2)c1=O. The van der Waals surface area contributed by atoms with E-state index in [2.05, 4.69) is 19.4 Å². The zero-order valence-electron chi connectivity index (χ0n) is 33.8. The Morgan fingerprint density at radius 3 is 1.44 bits per heavy atom. The van der Waals surface area contributed by atoms with Crippen LogP contribution in [0, 0.1) is 0 Å². The lowest BCUT2D eigenvalue weighted by Crippen LogP contribution is -2.42. The molecule has 7 rings (SSSR count). The van der Waals surface area contributed by atoms with Gasteiger partial charge in [-0.15, -0.1) is 0 Å². The largest absolute Gasteiger partial charge is 0.464 e. The molecule has 3 N–H and O–H groups in total. The number of esters is 5. The first kappa shape index (κ1) is 46.1. The first-order valence-corrected chi connectivity index (χ1v) is 19.2. The molecule has 64 heavy (non-hydrogen) atoms. The number of hydrogen-bond acceptors (Lipinski definition) is 19. The van der Waals surface area contributed by atoms with Gasteiger partial charge in [-0.3, -0.25) is 18.7 Å². The van der Waals surface area contributed by atoms with Gasteiger partial charge in [0.15, 0.2) is 24.7 Å². The number of ether oxygens (including phenoxy) is 7. The van der Waals surface area contributed by atoms with E-state index in [1.165, 1.54) is 49.1 Å². The normalized spacial score (nSPS) is 22.3. The lowest BCUT2D eigenvalue weighted by molar-refractivity contribution is -0.0637. The quantitative estimate of drug-likeness (QED) is 0.116. The Kier molecular flexibility index (Phi) is 15.2. The highest BCUT2D eigenvalue weighted by molar-refractivity contribution is 5.91. The number of methoxy groups -OCH3 is 2. The first-order valence-electron chi connectivity index (χ1n) is 19.2. The summed E-state index contributed by atoms with van der Waals surface area (Å²) in [7, 11) is 2.20. The van der Waals surface area contributed by atoms with E-state index in [0.29, 0.717) is 0 Å². The van der Waals surface area contributed by atoms with Crippen LogP contribution >= 0.6 is 0 Å². The summed E-state index contributed by atoms with van der Waals surface area (Å²) < 4.78 is 39.5. The standard InChI is InChI=1S/C32H26N2O10.C11H14N2O7/c1-40-32(39)24-27(35)34(18-17-33-24)28-26(44-31(38)22-15-9-4-10-16-22)25(43-30(37)21-13-7-3-8-14-21)23(42-28)19-41-29(36)20-11-5-2-6-12-20;1-19-11(18)6-9(17)13(3-2-12-6)10-8(16)7(15)5(4-14)20-10/h2-18,23,25-26,28H,19H2,1H3;2-3,5,7-8,10,14-16H,4H2,1H3/t23-,25-,26-,28-;5-,7-,8-,10-/m11/s1. The summed E-state index contributed by atoms with van der Waals surface area (Å²) in [5, 5.41) is 28.5. The molecule has 334 valence electrons. The van der Waals surface area contributed by atoms with Crippen LogP contribution in [0.3, 0.4) is 0 Å². The van der Waals surface area contributed by atoms with E-state index in [1.807, 2.05) is 0 Å². The van der Waals surface area contributed by atoms with Crippen LogP contribution in [0.15, 0.2) is 125 Å². The summed E-state index contributed by atoms with van der Waals surface area (Å²) in [6.45, 7) is -0.960. The van der Waals surface area contributed by atoms with E-state index in [-0.39, 0.29) is 16.7 Å². The second kappa shape index (κ2) is 21.1. The molecule has 2 aliphatic heterocycles. The molecule has 3 aromatic carbocycles. The molecule has 8 atom stereocenters. The maximum atomic E-state index is 13.4. The minimum atomic E-state index is -1.44. The van der Waals surface area contributed by atoms with E-state index < -0.39 is 115 Å². The molecule has 0 aliphatic carbocycles. The maximum absolute atomic E-state index is 13.4. The van der Waals surface area contributed by atoms with Crippen LogP contribution in [0.25, 0.3) is 0 Å². The number of benzene rings is 3. The highest BCUT2D eigenvalue weighted by Crippen LogP contribution is 2.35. The van der Waals surface area contributed by atoms with Gasteiger partial charge in [-0.05, 0) is 36.4 Å². The van der Waals surface area contributed by atoms with Crippen molar-refractivity contribution in [3.63, 3.8) is 0 Å². The summed E-state index contributed by atoms with van der Waals surface area (Å²) >= 11 is 0. The van der Waals surface area contributed by atoms with E-state index in [9.17, 15) is 43.8 Å². The predicted octanol–water partition coefficient (Wildman–Crippen LogP) is 0.877. The van der Waals surface area contributed by atoms with Gasteiger partial charge in [0.25, 0.3) is 11.1 Å². The van der Waals surface area contributed by atoms with Crippen LogP contribution in [0.5, 0.6) is 0 Å². The summed E-state index contributed by atoms with van der Waals surface area (Å²) in [5.74, 6) is -4.19. The Balaban J connectivity index is 0.000000284. The topological polar surface area (TPSA) is 280 Å². The van der Waals surface area contributed by atoms with Crippen molar-refractivity contribution in [2.45, 2.75) is 49.1 Å². The fraction of sp³-hybridized carbons (Fsp3) is 0.279. The minimum Gasteiger partial charge on any atom is -0.464 e. The zero-order valence-corrected chi connectivity index (χ0v) is 33.8. The van der Waals surface area contributed by atoms with Crippen LogP contribution in [-0.4, -0.2) is 128 Å². The summed E-state index contributed by atoms with van der Waals surface area (Å²) in [4.78, 5) is 95.7. The van der Waals surface area contributed by atoms with Gasteiger partial charge in [0.1, 0.15) is 31.0 Å². The van der Waals surface area contributed by atoms with Gasteiger partial charge >= 0.3 is 29.8 Å². The maximum Gasteiger partial charge on any atom is 0.362 e. The monoisotopic (exact) mass is 884 g/mol. The summed E-state index contributed by atoms with van der Waals surface area (Å²) in [6.07, 6.45) is -5.70. The Hall–Kier alpha value is -7.43. The third-order valence-corrected chi connectivity index (χ3v) is 9.74. The molecule has 0 saturated carbocycles. The smallest absolute Gasteiger partial charge is 0.362 e. The molecule has 2 aromatic heterocycles. The Labute approximate surface area is 361 Å². The Bertz CT molecular complexity index is 2560. The first-order chi connectivity index (χ1) is 30.9. The van der Waals surface area contributed by atoms with Crippen molar-refractivity contribution in [2.75, 3.05) is 27.4 Å². The van der Waals surface area contributed by atoms with Crippen LogP contribution in [0.1, 0.15) is 64.5 Å². The molecule has 21 nitrogen and oxygen atoms in total. The zero-order chi connectivity index (χ0) is 45.9. The average molecular weight is 885 g/mol. The van der Waals surface area contributed by atoms with E-state index in [4.69, 9.17) is 28.8 Å². The molecule has 5 aromatic rings. The average Bonchev–Trinajstić information content (AvgIpc) is 3.81. The van der Waals surface area contributed by atoms with Crippen molar-refractivity contribution in [1.82, 2.24) is 19.1 Å². The minimum absolute atomic E-state index is 0.177. The number of aliphatic hydroxyl groups excluding tert-OH is 3. The van der Waals surface area contributed by atoms with Gasteiger partial charge in [-0.25, -0.2) is 33.9 Å². The van der Waals surface area contributed by atoms with Crippen LogP contribution in [0.2, 0.25) is 0 Å². The van der Waals surface area contributed by atoms with E-state index >= 15 is 0 Å². The van der Waals surface area contributed by atoms with E-state index in [1.54, 1.807) is 66.7 Å². The van der Waals surface area contributed by atoms with Gasteiger partial charge in [-0.2, -0.15) is 0 Å². The number of rotatable bonds is 12. The fourth-order valence-electron chi connectivity index (χ4n) is 6.51. The molecule has 2 saturated heterocycles. The number of aromatic nitrogens is 4. The predicted molar refractivity (Wildman–Crippen MR) is 215 cm³/mol. The number of hydrogen-bond donors (Lipinski definition) is 3. The number of carbonyl (C=O) groups excluding carboxylic acids is 5. The van der Waals surface area contributed by atoms with E-state index in [0.717, 1.165) is 23.4 Å². The molecule has 0 spiro atoms. The lowest BCUT2D eigenvalue weighted by atomic mass is 10.1. The molecule has 0 bridgehead atoms. The van der Waals surface area contributed by atoms with Crippen molar-refractivity contribution in [2.24, 2.45) is 0 Å². The molecule has 2 aliphatic rings. The van der Waals surface area contributed by atoms with Crippen molar-refractivity contribution in [1.29, 1.82) is 0 Å². The van der Waals surface area contributed by atoms with Crippen LogP contribution in [-0.2, 0) is 33.2 Å². The van der Waals surface area contributed by atoms with Gasteiger partial charge in [0.2, 0.25) is 11.4 Å². The summed E-state index contributed by atoms with van der Waals surface area (Å²) in [6, 6.07) is 24.3. The third kappa shape index (κ3) is 10.3. The van der Waals surface area contributed by atoms with Crippen molar-refractivity contribution >= 4 is 29.8 Å². The third-order valence-electron chi connectivity index (χ3n) is 9.74. The second-order valence-corrected chi connectivity index (χ2v) is 13.7. The van der Waals surface area contributed by atoms with Gasteiger partial charge in [-0.1, -0.05) is 54.6 Å². The Morgan fingerprint density at radius 1 is 0.578 bits per heavy atom. The molecule has 0 amide bonds. The van der Waals surface area contributed by atoms with Gasteiger partial charge < -0.3 is 48.5 Å². The van der Waals surface area contributed by atoms with Crippen LogP contribution in [0.4, 0.5) is 0 Å². The molecule has 0 radical (unpaired) electrons. The van der Waals surface area contributed by atoms with Gasteiger partial charge in [0.05, 0.1) is 37.5 Å². The molecule has 0 unspecified atom stereocenters. The van der Waals surface area contributed by atoms with Crippen molar-refractivity contribution in [3.8, 4) is 0 Å².